The molecule has 3 nitrogen and oxygen atoms in total. The molecule has 0 aliphatic heterocycles. The van der Waals surface area contributed by atoms with Crippen molar-refractivity contribution in [3.63, 3.8) is 0 Å². The Hall–Kier alpha value is -0.120. The molecule has 0 aliphatic carbocycles. The highest BCUT2D eigenvalue weighted by atomic mass is 15.1. The highest BCUT2D eigenvalue weighted by molar-refractivity contribution is 4.50. The van der Waals surface area contributed by atoms with Gasteiger partial charge in [-0.1, -0.05) is 6.92 Å². The van der Waals surface area contributed by atoms with Gasteiger partial charge in [-0.2, -0.15) is 0 Å². The van der Waals surface area contributed by atoms with Gasteiger partial charge in [0.15, 0.2) is 0 Å². The van der Waals surface area contributed by atoms with E-state index in [4.69, 9.17) is 11.5 Å². The van der Waals surface area contributed by atoms with Gasteiger partial charge >= 0.3 is 0 Å². The summed E-state index contributed by atoms with van der Waals surface area (Å²) in [5, 5.41) is 2.85. The molecule has 0 radical (unpaired) electrons. The van der Waals surface area contributed by atoms with Crippen LogP contribution in [0.1, 0.15) is 13.3 Å². The molecule has 0 aromatic heterocycles. The van der Waals surface area contributed by atoms with Gasteiger partial charge in [-0.3, -0.25) is 5.32 Å². The summed E-state index contributed by atoms with van der Waals surface area (Å²) in [6.07, 6.45) is 1.00. The van der Waals surface area contributed by atoms with E-state index >= 15 is 0 Å². The van der Waals surface area contributed by atoms with Gasteiger partial charge in [0, 0.05) is 6.67 Å². The zero-order chi connectivity index (χ0) is 5.70. The Morgan fingerprint density at radius 3 is 2.43 bits per heavy atom. The van der Waals surface area contributed by atoms with Gasteiger partial charge < -0.3 is 11.5 Å². The van der Waals surface area contributed by atoms with Gasteiger partial charge in [-0.25, -0.2) is 0 Å². The van der Waals surface area contributed by atoms with Gasteiger partial charge in [0.05, 0.1) is 6.17 Å². The third-order valence-electron chi connectivity index (χ3n) is 0.820. The first kappa shape index (κ1) is 6.88. The average Bonchev–Trinajstić information content (AvgIpc) is 1.68. The number of nitrogens with two attached hydrogens (primary N) is 2. The minimum Gasteiger partial charge on any atom is -0.318 e. The molecule has 5 N–H and O–H groups in total. The maximum absolute atomic E-state index is 5.39. The van der Waals surface area contributed by atoms with E-state index in [1.807, 2.05) is 6.92 Å². The smallest absolute Gasteiger partial charge is 0.0553 e. The third-order valence-corrected chi connectivity index (χ3v) is 0.820. The Morgan fingerprint density at radius 2 is 2.29 bits per heavy atom. The van der Waals surface area contributed by atoms with Crippen LogP contribution in [0.3, 0.4) is 0 Å². The van der Waals surface area contributed by atoms with Crippen LogP contribution in [0.2, 0.25) is 0 Å². The second-order valence-corrected chi connectivity index (χ2v) is 1.42. The Labute approximate surface area is 44.1 Å². The van der Waals surface area contributed by atoms with E-state index in [1.165, 1.54) is 0 Å². The van der Waals surface area contributed by atoms with E-state index < -0.39 is 0 Å². The predicted octanol–water partition coefficient (Wildman–Crippen LogP) is -0.813. The molecular weight excluding hydrogens is 90.1 g/mol. The zero-order valence-electron chi connectivity index (χ0n) is 4.65. The van der Waals surface area contributed by atoms with Crippen LogP contribution in [0.25, 0.3) is 0 Å². The van der Waals surface area contributed by atoms with Crippen LogP contribution in [0.15, 0.2) is 0 Å². The fourth-order valence-electron chi connectivity index (χ4n) is 0.296. The molecule has 0 amide bonds. The monoisotopic (exact) mass is 103 g/mol. The van der Waals surface area contributed by atoms with Crippen LogP contribution >= 0.6 is 0 Å². The molecule has 0 fully saturated rings. The topological polar surface area (TPSA) is 64.1 Å². The van der Waals surface area contributed by atoms with Crippen molar-refractivity contribution in [2.75, 3.05) is 6.67 Å². The zero-order valence-corrected chi connectivity index (χ0v) is 4.65. The predicted molar refractivity (Wildman–Crippen MR) is 30.5 cm³/mol. The first-order valence-corrected chi connectivity index (χ1v) is 2.50. The lowest BCUT2D eigenvalue weighted by atomic mass is 10.4. The maximum atomic E-state index is 5.39. The van der Waals surface area contributed by atoms with Gasteiger partial charge in [0.2, 0.25) is 0 Å². The van der Waals surface area contributed by atoms with Crippen molar-refractivity contribution in [3.8, 4) is 0 Å². The second kappa shape index (κ2) is 4.05. The van der Waals surface area contributed by atoms with Crippen molar-refractivity contribution < 1.29 is 0 Å². The van der Waals surface area contributed by atoms with Crippen molar-refractivity contribution in [2.45, 2.75) is 19.5 Å². The van der Waals surface area contributed by atoms with E-state index in [0.29, 0.717) is 6.67 Å². The van der Waals surface area contributed by atoms with Crippen LogP contribution in [-0.2, 0) is 0 Å². The van der Waals surface area contributed by atoms with Crippen molar-refractivity contribution in [2.24, 2.45) is 11.5 Å². The summed E-state index contributed by atoms with van der Waals surface area (Å²) in [6.45, 7) is 2.47. The van der Waals surface area contributed by atoms with Crippen LogP contribution in [0.5, 0.6) is 0 Å². The Kier molecular flexibility index (Phi) is 3.98. The first-order chi connectivity index (χ1) is 3.31. The SMILES string of the molecule is CCC(N)NCN. The summed E-state index contributed by atoms with van der Waals surface area (Å²) < 4.78 is 0. The lowest BCUT2D eigenvalue weighted by Gasteiger charge is -2.06. The normalized spacial score (nSPS) is 14.1. The molecule has 3 heteroatoms. The lowest BCUT2D eigenvalue weighted by molar-refractivity contribution is 0.524. The van der Waals surface area contributed by atoms with Crippen LogP contribution in [0.4, 0.5) is 0 Å². The summed E-state index contributed by atoms with van der Waals surface area (Å²) in [5.74, 6) is 0. The molecular formula is C4H13N3. The Balaban J connectivity index is 2.83. The molecule has 0 aromatic rings. The molecule has 0 saturated carbocycles. The third kappa shape index (κ3) is 3.72. The molecule has 0 heterocycles. The van der Waals surface area contributed by atoms with Crippen LogP contribution < -0.4 is 16.8 Å². The molecule has 0 spiro atoms. The standard InChI is InChI=1S/C4H13N3/c1-2-4(6)7-3-5/h4,7H,2-3,5-6H2,1H3. The van der Waals surface area contributed by atoms with E-state index in [-0.39, 0.29) is 6.17 Å². The molecule has 0 saturated heterocycles. The first-order valence-electron chi connectivity index (χ1n) is 2.50. The number of hydrogen-bond acceptors (Lipinski definition) is 3. The van der Waals surface area contributed by atoms with Gasteiger partial charge in [0.1, 0.15) is 0 Å². The molecule has 1 atom stereocenters. The summed E-state index contributed by atoms with van der Waals surface area (Å²) >= 11 is 0. The molecule has 44 valence electrons. The summed E-state index contributed by atoms with van der Waals surface area (Å²) in [4.78, 5) is 0. The molecule has 0 aromatic carbocycles. The van der Waals surface area contributed by atoms with Gasteiger partial charge in [-0.05, 0) is 6.42 Å². The average molecular weight is 103 g/mol. The van der Waals surface area contributed by atoms with E-state index in [1.54, 1.807) is 0 Å². The van der Waals surface area contributed by atoms with Crippen molar-refractivity contribution >= 4 is 0 Å². The lowest BCUT2D eigenvalue weighted by Crippen LogP contribution is -2.39. The maximum Gasteiger partial charge on any atom is 0.0553 e. The number of hydrogen-bond donors (Lipinski definition) is 3. The van der Waals surface area contributed by atoms with E-state index in [9.17, 15) is 0 Å². The van der Waals surface area contributed by atoms with Gasteiger partial charge in [0.25, 0.3) is 0 Å². The second-order valence-electron chi connectivity index (χ2n) is 1.42. The summed E-state index contributed by atoms with van der Waals surface area (Å²) in [5.41, 5.74) is 10.5. The number of rotatable bonds is 3. The van der Waals surface area contributed by atoms with E-state index in [0.717, 1.165) is 6.42 Å². The van der Waals surface area contributed by atoms with Crippen molar-refractivity contribution in [1.29, 1.82) is 0 Å². The molecule has 0 bridgehead atoms. The summed E-state index contributed by atoms with van der Waals surface area (Å²) in [6, 6.07) is 0. The highest BCUT2D eigenvalue weighted by Gasteiger charge is 1.90. The molecule has 0 rings (SSSR count). The van der Waals surface area contributed by atoms with E-state index in [2.05, 4.69) is 5.32 Å². The fourth-order valence-corrected chi connectivity index (χ4v) is 0.296. The summed E-state index contributed by atoms with van der Waals surface area (Å²) in [7, 11) is 0. The van der Waals surface area contributed by atoms with Crippen LogP contribution in [-0.4, -0.2) is 12.8 Å². The largest absolute Gasteiger partial charge is 0.318 e. The van der Waals surface area contributed by atoms with Gasteiger partial charge in [-0.15, -0.1) is 0 Å². The minimum atomic E-state index is 0.0741. The Morgan fingerprint density at radius 1 is 1.71 bits per heavy atom. The van der Waals surface area contributed by atoms with Crippen molar-refractivity contribution in [3.05, 3.63) is 0 Å². The fraction of sp³-hybridized carbons (Fsp3) is 1.00. The number of nitrogens with one attached hydrogen (secondary N) is 1. The van der Waals surface area contributed by atoms with Crippen molar-refractivity contribution in [1.82, 2.24) is 5.32 Å². The Bertz CT molecular complexity index is 37.9. The van der Waals surface area contributed by atoms with Crippen LogP contribution in [0, 0.1) is 0 Å². The molecule has 1 unspecified atom stereocenters. The quantitative estimate of drug-likeness (QED) is 0.409. The molecule has 0 aliphatic rings. The molecule has 7 heavy (non-hydrogen) atoms. The minimum absolute atomic E-state index is 0.0741. The highest BCUT2D eigenvalue weighted by Crippen LogP contribution is 1.74.